The van der Waals surface area contributed by atoms with Crippen molar-refractivity contribution >= 4 is 0 Å². The molecule has 0 radical (unpaired) electrons. The molecule has 0 spiro atoms. The van der Waals surface area contributed by atoms with E-state index in [1.807, 2.05) is 11.6 Å². The van der Waals surface area contributed by atoms with Crippen LogP contribution in [0.5, 0.6) is 0 Å². The lowest BCUT2D eigenvalue weighted by Crippen LogP contribution is -2.00. The van der Waals surface area contributed by atoms with E-state index >= 15 is 0 Å². The Hall–Kier alpha value is -1.23. The highest BCUT2D eigenvalue weighted by Gasteiger charge is 2.03. The Kier molecular flexibility index (Phi) is 2.23. The predicted molar refractivity (Wildman–Crippen MR) is 49.5 cm³/mol. The van der Waals surface area contributed by atoms with Crippen LogP contribution in [0.25, 0.3) is 0 Å². The van der Waals surface area contributed by atoms with Crippen molar-refractivity contribution in [3.05, 3.63) is 18.2 Å². The number of aryl methyl sites for hydroxylation is 1. The Labute approximate surface area is 73.6 Å². The van der Waals surface area contributed by atoms with Crippen molar-refractivity contribution in [1.82, 2.24) is 9.55 Å². The summed E-state index contributed by atoms with van der Waals surface area (Å²) in [5.74, 6) is 6.24. The van der Waals surface area contributed by atoms with E-state index < -0.39 is 0 Å². The number of hydrogen-bond donors (Lipinski definition) is 0. The van der Waals surface area contributed by atoms with Crippen molar-refractivity contribution in [2.24, 2.45) is 12.5 Å². The molecule has 0 aliphatic carbocycles. The zero-order valence-electron chi connectivity index (χ0n) is 8.05. The first-order valence-electron chi connectivity index (χ1n) is 3.98. The van der Waals surface area contributed by atoms with E-state index in [0.29, 0.717) is 0 Å². The SMILES string of the molecule is Cn1cncc1C#CC(C)(C)C. The molecule has 0 bridgehead atoms. The van der Waals surface area contributed by atoms with Crippen LogP contribution in [0.3, 0.4) is 0 Å². The molecular formula is C10H14N2. The minimum absolute atomic E-state index is 0.0598. The molecule has 0 N–H and O–H groups in total. The van der Waals surface area contributed by atoms with E-state index in [4.69, 9.17) is 0 Å². The molecule has 1 heterocycles. The Morgan fingerprint density at radius 2 is 2.08 bits per heavy atom. The molecule has 0 aliphatic heterocycles. The van der Waals surface area contributed by atoms with Gasteiger partial charge in [-0.1, -0.05) is 5.92 Å². The molecule has 0 aliphatic rings. The molecule has 0 saturated heterocycles. The lowest BCUT2D eigenvalue weighted by molar-refractivity contribution is 0.570. The van der Waals surface area contributed by atoms with Gasteiger partial charge in [0.25, 0.3) is 0 Å². The molecule has 0 fully saturated rings. The molecule has 0 unspecified atom stereocenters. The second-order valence-electron chi connectivity index (χ2n) is 3.89. The number of rotatable bonds is 0. The minimum atomic E-state index is 0.0598. The van der Waals surface area contributed by atoms with Crippen LogP contribution in [0.1, 0.15) is 26.5 Å². The second-order valence-corrected chi connectivity index (χ2v) is 3.89. The Balaban J connectivity index is 2.87. The summed E-state index contributed by atoms with van der Waals surface area (Å²) in [5.41, 5.74) is 1.02. The van der Waals surface area contributed by atoms with Gasteiger partial charge in [-0.2, -0.15) is 0 Å². The summed E-state index contributed by atoms with van der Waals surface area (Å²) in [5, 5.41) is 0. The van der Waals surface area contributed by atoms with Gasteiger partial charge in [0.15, 0.2) is 0 Å². The predicted octanol–water partition coefficient (Wildman–Crippen LogP) is 1.82. The lowest BCUT2D eigenvalue weighted by Gasteiger charge is -2.06. The van der Waals surface area contributed by atoms with E-state index in [9.17, 15) is 0 Å². The van der Waals surface area contributed by atoms with Crippen LogP contribution in [0.2, 0.25) is 0 Å². The van der Waals surface area contributed by atoms with Crippen LogP contribution in [0, 0.1) is 17.3 Å². The molecule has 0 atom stereocenters. The molecule has 1 aromatic rings. The van der Waals surface area contributed by atoms with Crippen LogP contribution in [0.4, 0.5) is 0 Å². The van der Waals surface area contributed by atoms with Gasteiger partial charge >= 0.3 is 0 Å². The molecular weight excluding hydrogens is 148 g/mol. The van der Waals surface area contributed by atoms with Crippen molar-refractivity contribution in [1.29, 1.82) is 0 Å². The third-order valence-electron chi connectivity index (χ3n) is 1.38. The maximum atomic E-state index is 3.98. The van der Waals surface area contributed by atoms with Gasteiger partial charge in [0.1, 0.15) is 5.69 Å². The van der Waals surface area contributed by atoms with Gasteiger partial charge in [0.05, 0.1) is 12.5 Å². The fourth-order valence-corrected chi connectivity index (χ4v) is 0.729. The van der Waals surface area contributed by atoms with Crippen molar-refractivity contribution < 1.29 is 0 Å². The van der Waals surface area contributed by atoms with Gasteiger partial charge in [0, 0.05) is 12.5 Å². The molecule has 64 valence electrons. The maximum absolute atomic E-state index is 3.98. The molecule has 2 nitrogen and oxygen atoms in total. The molecule has 12 heavy (non-hydrogen) atoms. The van der Waals surface area contributed by atoms with Crippen LogP contribution in [-0.4, -0.2) is 9.55 Å². The summed E-state index contributed by atoms with van der Waals surface area (Å²) in [4.78, 5) is 3.98. The molecule has 1 aromatic heterocycles. The number of hydrogen-bond acceptors (Lipinski definition) is 1. The first kappa shape index (κ1) is 8.86. The van der Waals surface area contributed by atoms with E-state index in [2.05, 4.69) is 37.6 Å². The smallest absolute Gasteiger partial charge is 0.111 e. The first-order chi connectivity index (χ1) is 5.49. The van der Waals surface area contributed by atoms with Crippen LogP contribution in [-0.2, 0) is 7.05 Å². The quantitative estimate of drug-likeness (QED) is 0.532. The highest BCUT2D eigenvalue weighted by Crippen LogP contribution is 2.10. The average Bonchev–Trinajstić information content (AvgIpc) is 2.29. The van der Waals surface area contributed by atoms with Crippen molar-refractivity contribution in [3.63, 3.8) is 0 Å². The van der Waals surface area contributed by atoms with Gasteiger partial charge in [-0.3, -0.25) is 0 Å². The van der Waals surface area contributed by atoms with E-state index in [0.717, 1.165) is 5.69 Å². The van der Waals surface area contributed by atoms with Crippen LogP contribution >= 0.6 is 0 Å². The Morgan fingerprint density at radius 3 is 2.50 bits per heavy atom. The van der Waals surface area contributed by atoms with Gasteiger partial charge < -0.3 is 4.57 Å². The molecule has 1 rings (SSSR count). The van der Waals surface area contributed by atoms with E-state index in [1.54, 1.807) is 12.5 Å². The van der Waals surface area contributed by atoms with Gasteiger partial charge in [-0.15, -0.1) is 0 Å². The fourth-order valence-electron chi connectivity index (χ4n) is 0.729. The summed E-state index contributed by atoms with van der Waals surface area (Å²) in [7, 11) is 1.94. The zero-order valence-corrected chi connectivity index (χ0v) is 8.05. The number of imidazole rings is 1. The highest BCUT2D eigenvalue weighted by atomic mass is 15.0. The first-order valence-corrected chi connectivity index (χ1v) is 3.98. The topological polar surface area (TPSA) is 17.8 Å². The average molecular weight is 162 g/mol. The van der Waals surface area contributed by atoms with Gasteiger partial charge in [-0.25, -0.2) is 4.98 Å². The van der Waals surface area contributed by atoms with E-state index in [1.165, 1.54) is 0 Å². The van der Waals surface area contributed by atoms with Gasteiger partial charge in [-0.05, 0) is 26.7 Å². The van der Waals surface area contributed by atoms with E-state index in [-0.39, 0.29) is 5.41 Å². The molecule has 0 amide bonds. The monoisotopic (exact) mass is 162 g/mol. The molecule has 0 saturated carbocycles. The third kappa shape index (κ3) is 2.43. The Bertz CT molecular complexity index is 318. The maximum Gasteiger partial charge on any atom is 0.111 e. The normalized spacial score (nSPS) is 10.7. The van der Waals surface area contributed by atoms with Crippen LogP contribution < -0.4 is 0 Å². The number of nitrogens with zero attached hydrogens (tertiary/aromatic N) is 2. The fraction of sp³-hybridized carbons (Fsp3) is 0.500. The standard InChI is InChI=1S/C10H14N2/c1-10(2,3)6-5-9-7-11-8-12(9)4/h7-8H,1-4H3. The van der Waals surface area contributed by atoms with Crippen molar-refractivity contribution in [2.75, 3.05) is 0 Å². The van der Waals surface area contributed by atoms with Crippen molar-refractivity contribution in [2.45, 2.75) is 20.8 Å². The van der Waals surface area contributed by atoms with Gasteiger partial charge in [0.2, 0.25) is 0 Å². The summed E-state index contributed by atoms with van der Waals surface area (Å²) in [6.45, 7) is 6.28. The second kappa shape index (κ2) is 3.02. The number of aromatic nitrogens is 2. The highest BCUT2D eigenvalue weighted by molar-refractivity contribution is 5.27. The molecule has 2 heteroatoms. The minimum Gasteiger partial charge on any atom is -0.327 e. The van der Waals surface area contributed by atoms with Crippen LogP contribution in [0.15, 0.2) is 12.5 Å². The summed E-state index contributed by atoms with van der Waals surface area (Å²) in [6.07, 6.45) is 3.53. The third-order valence-corrected chi connectivity index (χ3v) is 1.38. The molecule has 0 aromatic carbocycles. The lowest BCUT2D eigenvalue weighted by atomic mass is 9.98. The summed E-state index contributed by atoms with van der Waals surface area (Å²) in [6, 6.07) is 0. The van der Waals surface area contributed by atoms with Crippen molar-refractivity contribution in [3.8, 4) is 11.8 Å². The Morgan fingerprint density at radius 1 is 1.42 bits per heavy atom. The zero-order chi connectivity index (χ0) is 9.19. The largest absolute Gasteiger partial charge is 0.327 e. The summed E-state index contributed by atoms with van der Waals surface area (Å²) >= 11 is 0. The summed E-state index contributed by atoms with van der Waals surface area (Å²) < 4.78 is 1.92.